The van der Waals surface area contributed by atoms with Crippen molar-refractivity contribution in [3.63, 3.8) is 0 Å². The number of carbonyl (C=O) groups excluding carboxylic acids is 1. The van der Waals surface area contributed by atoms with E-state index < -0.39 is 37.2 Å². The zero-order valence-corrected chi connectivity index (χ0v) is 15.9. The molecule has 0 aliphatic rings. The van der Waals surface area contributed by atoms with Crippen LogP contribution < -0.4 is 15.8 Å². The van der Waals surface area contributed by atoms with Crippen molar-refractivity contribution in [2.45, 2.75) is 4.90 Å². The lowest BCUT2D eigenvalue weighted by atomic mass is 10.1. The number of benzene rings is 2. The molecule has 0 radical (unpaired) electrons. The van der Waals surface area contributed by atoms with E-state index in [9.17, 15) is 18.3 Å². The first-order valence-electron chi connectivity index (χ1n) is 8.04. The molecule has 1 heterocycles. The van der Waals surface area contributed by atoms with E-state index in [0.29, 0.717) is 0 Å². The van der Waals surface area contributed by atoms with Crippen molar-refractivity contribution in [2.24, 2.45) is 5.73 Å². The number of hydrogen-bond acceptors (Lipinski definition) is 6. The molecule has 0 saturated carbocycles. The number of fused-ring (bicyclic) bond motifs is 1. The molecule has 0 aliphatic heterocycles. The van der Waals surface area contributed by atoms with Crippen LogP contribution in [-0.4, -0.2) is 42.7 Å². The Hall–Kier alpha value is -2.95. The number of aliphatic hydroxyl groups excluding tert-OH is 1. The SMILES string of the molecule is NC(=O)c1cc(S(=O)(=O)Nc2ccc3cc[nH]c3c2)c(NCCO)c(Cl)c1O. The molecule has 7 N–H and O–H groups in total. The number of hydrogen-bond donors (Lipinski definition) is 6. The Bertz CT molecular complexity index is 1160. The largest absolute Gasteiger partial charge is 0.505 e. The van der Waals surface area contributed by atoms with Gasteiger partial charge in [0.1, 0.15) is 15.7 Å². The van der Waals surface area contributed by atoms with E-state index in [1.54, 1.807) is 24.4 Å². The number of aliphatic hydroxyl groups is 1. The zero-order valence-electron chi connectivity index (χ0n) is 14.4. The predicted molar refractivity (Wildman–Crippen MR) is 106 cm³/mol. The Balaban J connectivity index is 2.11. The predicted octanol–water partition coefficient (Wildman–Crippen LogP) is 1.83. The van der Waals surface area contributed by atoms with Crippen LogP contribution in [-0.2, 0) is 10.0 Å². The molecular weight excluding hydrogens is 408 g/mol. The molecule has 1 aromatic heterocycles. The third kappa shape index (κ3) is 3.70. The number of rotatable bonds is 7. The maximum Gasteiger partial charge on any atom is 0.264 e. The Morgan fingerprint density at radius 1 is 1.25 bits per heavy atom. The van der Waals surface area contributed by atoms with Crippen LogP contribution in [0.5, 0.6) is 5.75 Å². The number of sulfonamides is 1. The number of aromatic nitrogens is 1. The van der Waals surface area contributed by atoms with Gasteiger partial charge in [0.15, 0.2) is 0 Å². The Kier molecular flexibility index (Phi) is 5.36. The van der Waals surface area contributed by atoms with Gasteiger partial charge in [0.05, 0.1) is 23.5 Å². The molecule has 0 aliphatic carbocycles. The van der Waals surface area contributed by atoms with Gasteiger partial charge in [-0.2, -0.15) is 0 Å². The molecule has 0 unspecified atom stereocenters. The monoisotopic (exact) mass is 424 g/mol. The minimum absolute atomic E-state index is 0.0357. The number of amides is 1. The fraction of sp³-hybridized carbons (Fsp3) is 0.118. The van der Waals surface area contributed by atoms with Gasteiger partial charge in [-0.05, 0) is 29.7 Å². The number of anilines is 2. The highest BCUT2D eigenvalue weighted by atomic mass is 35.5. The first kappa shape index (κ1) is 19.8. The van der Waals surface area contributed by atoms with Crippen molar-refractivity contribution in [2.75, 3.05) is 23.2 Å². The van der Waals surface area contributed by atoms with Gasteiger partial charge in [-0.3, -0.25) is 9.52 Å². The number of aromatic hydroxyl groups is 1. The van der Waals surface area contributed by atoms with E-state index in [1.807, 2.05) is 6.07 Å². The number of nitrogens with one attached hydrogen (secondary N) is 3. The number of carbonyl (C=O) groups is 1. The number of aromatic amines is 1. The van der Waals surface area contributed by atoms with Crippen molar-refractivity contribution in [1.29, 1.82) is 0 Å². The Labute approximate surface area is 165 Å². The van der Waals surface area contributed by atoms with Gasteiger partial charge >= 0.3 is 0 Å². The first-order valence-corrected chi connectivity index (χ1v) is 9.90. The highest BCUT2D eigenvalue weighted by Gasteiger charge is 2.27. The normalized spacial score (nSPS) is 11.5. The first-order chi connectivity index (χ1) is 13.2. The van der Waals surface area contributed by atoms with Crippen LogP contribution in [0.3, 0.4) is 0 Å². The van der Waals surface area contributed by atoms with Crippen molar-refractivity contribution in [3.05, 3.63) is 47.1 Å². The third-order valence-corrected chi connectivity index (χ3v) is 5.75. The van der Waals surface area contributed by atoms with E-state index >= 15 is 0 Å². The van der Waals surface area contributed by atoms with Gasteiger partial charge in [-0.1, -0.05) is 17.7 Å². The summed E-state index contributed by atoms with van der Waals surface area (Å²) in [5.41, 5.74) is 5.60. The molecule has 148 valence electrons. The number of halogens is 1. The standard InChI is InChI=1S/C17H17ClN4O5S/c18-14-15(21-5-6-23)13(8-11(16(14)24)17(19)25)28(26,27)22-10-2-1-9-3-4-20-12(9)7-10/h1-4,7-8,20-24H,5-6H2,(H2,19,25). The van der Waals surface area contributed by atoms with Gasteiger partial charge in [0, 0.05) is 18.3 Å². The lowest BCUT2D eigenvalue weighted by Gasteiger charge is -2.17. The molecule has 0 saturated heterocycles. The van der Waals surface area contributed by atoms with Crippen LogP contribution in [0, 0.1) is 0 Å². The second kappa shape index (κ2) is 7.58. The summed E-state index contributed by atoms with van der Waals surface area (Å²) in [6, 6.07) is 7.67. The lowest BCUT2D eigenvalue weighted by Crippen LogP contribution is -2.19. The Morgan fingerprint density at radius 3 is 2.68 bits per heavy atom. The molecule has 0 atom stereocenters. The van der Waals surface area contributed by atoms with E-state index in [-0.39, 0.29) is 24.5 Å². The molecule has 1 amide bonds. The van der Waals surface area contributed by atoms with E-state index in [2.05, 4.69) is 15.0 Å². The van der Waals surface area contributed by atoms with E-state index in [0.717, 1.165) is 17.0 Å². The van der Waals surface area contributed by atoms with E-state index in [1.165, 1.54) is 0 Å². The maximum atomic E-state index is 13.0. The lowest BCUT2D eigenvalue weighted by molar-refractivity contribution is 0.0997. The van der Waals surface area contributed by atoms with Crippen molar-refractivity contribution in [3.8, 4) is 5.75 Å². The van der Waals surface area contributed by atoms with Gasteiger partial charge in [0.2, 0.25) is 0 Å². The number of H-pyrrole nitrogens is 1. The molecule has 0 bridgehead atoms. The van der Waals surface area contributed by atoms with E-state index in [4.69, 9.17) is 22.4 Å². The summed E-state index contributed by atoms with van der Waals surface area (Å²) >= 11 is 6.06. The fourth-order valence-corrected chi connectivity index (χ4v) is 4.27. The van der Waals surface area contributed by atoms with Crippen LogP contribution in [0.4, 0.5) is 11.4 Å². The fourth-order valence-electron chi connectivity index (χ4n) is 2.68. The molecule has 28 heavy (non-hydrogen) atoms. The molecule has 3 rings (SSSR count). The highest BCUT2D eigenvalue weighted by Crippen LogP contribution is 2.40. The number of phenols is 1. The molecule has 9 nitrogen and oxygen atoms in total. The van der Waals surface area contributed by atoms with Crippen LogP contribution in [0.1, 0.15) is 10.4 Å². The van der Waals surface area contributed by atoms with Gasteiger partial charge in [0.25, 0.3) is 15.9 Å². The van der Waals surface area contributed by atoms with Gasteiger partial charge in [-0.25, -0.2) is 8.42 Å². The minimum Gasteiger partial charge on any atom is -0.505 e. The Morgan fingerprint density at radius 2 is 2.00 bits per heavy atom. The molecular formula is C17H17ClN4O5S. The van der Waals surface area contributed by atoms with Crippen molar-refractivity contribution >= 4 is 49.8 Å². The average Bonchev–Trinajstić information content (AvgIpc) is 3.09. The minimum atomic E-state index is -4.23. The van der Waals surface area contributed by atoms with Crippen LogP contribution in [0.15, 0.2) is 41.4 Å². The van der Waals surface area contributed by atoms with Crippen LogP contribution in [0.25, 0.3) is 10.9 Å². The third-order valence-electron chi connectivity index (χ3n) is 3.98. The molecule has 3 aromatic rings. The summed E-state index contributed by atoms with van der Waals surface area (Å²) in [6.07, 6.45) is 1.72. The molecule has 0 spiro atoms. The highest BCUT2D eigenvalue weighted by molar-refractivity contribution is 7.93. The molecule has 2 aromatic carbocycles. The van der Waals surface area contributed by atoms with Crippen molar-refractivity contribution in [1.82, 2.24) is 4.98 Å². The smallest absolute Gasteiger partial charge is 0.264 e. The summed E-state index contributed by atoms with van der Waals surface area (Å²) in [6.45, 7) is -0.350. The topological polar surface area (TPSA) is 158 Å². The maximum absolute atomic E-state index is 13.0. The summed E-state index contributed by atoms with van der Waals surface area (Å²) in [7, 11) is -4.23. The summed E-state index contributed by atoms with van der Waals surface area (Å²) in [4.78, 5) is 14.2. The number of nitrogens with two attached hydrogens (primary N) is 1. The summed E-state index contributed by atoms with van der Waals surface area (Å²) in [5.74, 6) is -1.70. The molecule has 0 fully saturated rings. The van der Waals surface area contributed by atoms with Crippen LogP contribution >= 0.6 is 11.6 Å². The summed E-state index contributed by atoms with van der Waals surface area (Å²) < 4.78 is 28.4. The van der Waals surface area contributed by atoms with Crippen molar-refractivity contribution < 1.29 is 23.4 Å². The average molecular weight is 425 g/mol. The number of primary amides is 1. The quantitative estimate of drug-likeness (QED) is 0.339. The summed E-state index contributed by atoms with van der Waals surface area (Å²) in [5, 5.41) is 22.2. The molecule has 11 heteroatoms. The zero-order chi connectivity index (χ0) is 20.5. The van der Waals surface area contributed by atoms with Gasteiger partial charge < -0.3 is 26.2 Å². The second-order valence-corrected chi connectivity index (χ2v) is 7.89. The van der Waals surface area contributed by atoms with Crippen LogP contribution in [0.2, 0.25) is 5.02 Å². The second-order valence-electron chi connectivity index (χ2n) is 5.86. The van der Waals surface area contributed by atoms with Gasteiger partial charge in [-0.15, -0.1) is 0 Å².